The van der Waals surface area contributed by atoms with Gasteiger partial charge in [-0.3, -0.25) is 14.6 Å². The number of ether oxygens (including phenoxy) is 1. The largest absolute Gasteiger partial charge is 0.465 e. The summed E-state index contributed by atoms with van der Waals surface area (Å²) < 4.78 is 7.65. The number of amides is 1. The Bertz CT molecular complexity index is 992. The normalized spacial score (nSPS) is 11.7. The standard InChI is InChI=1S/C17H16N4O3S/c1-3-24-15(22)10-21-13-5-4-11(2)8-14(13)25-17(21)20-16(23)12-9-18-6-7-19-12/h4-9H,3,10H2,1-2H3. The van der Waals surface area contributed by atoms with Gasteiger partial charge in [-0.25, -0.2) is 4.98 Å². The minimum Gasteiger partial charge on any atom is -0.465 e. The van der Waals surface area contributed by atoms with Crippen molar-refractivity contribution in [3.05, 3.63) is 52.8 Å². The lowest BCUT2D eigenvalue weighted by molar-refractivity contribution is -0.143. The van der Waals surface area contributed by atoms with Gasteiger partial charge in [0.2, 0.25) is 0 Å². The van der Waals surface area contributed by atoms with Crippen molar-refractivity contribution in [3.8, 4) is 0 Å². The Morgan fingerprint density at radius 3 is 2.88 bits per heavy atom. The van der Waals surface area contributed by atoms with Crippen molar-refractivity contribution in [2.24, 2.45) is 4.99 Å². The summed E-state index contributed by atoms with van der Waals surface area (Å²) in [4.78, 5) is 36.7. The van der Waals surface area contributed by atoms with Gasteiger partial charge in [-0.1, -0.05) is 17.4 Å². The molecule has 0 radical (unpaired) electrons. The van der Waals surface area contributed by atoms with Crippen LogP contribution in [-0.2, 0) is 16.1 Å². The maximum absolute atomic E-state index is 12.3. The van der Waals surface area contributed by atoms with Crippen LogP contribution in [0.1, 0.15) is 23.0 Å². The van der Waals surface area contributed by atoms with E-state index in [9.17, 15) is 9.59 Å². The lowest BCUT2D eigenvalue weighted by atomic mass is 10.2. The Morgan fingerprint density at radius 1 is 1.32 bits per heavy atom. The Kier molecular flexibility index (Phi) is 4.99. The minimum atomic E-state index is -0.506. The summed E-state index contributed by atoms with van der Waals surface area (Å²) in [6, 6.07) is 5.85. The van der Waals surface area contributed by atoms with E-state index < -0.39 is 5.91 Å². The molecule has 2 heterocycles. The van der Waals surface area contributed by atoms with Gasteiger partial charge in [-0.2, -0.15) is 4.99 Å². The monoisotopic (exact) mass is 356 g/mol. The van der Waals surface area contributed by atoms with Crippen molar-refractivity contribution in [1.29, 1.82) is 0 Å². The van der Waals surface area contributed by atoms with Crippen LogP contribution in [0.5, 0.6) is 0 Å². The molecule has 0 saturated heterocycles. The van der Waals surface area contributed by atoms with Crippen LogP contribution < -0.4 is 4.80 Å². The lowest BCUT2D eigenvalue weighted by Gasteiger charge is -2.05. The van der Waals surface area contributed by atoms with Gasteiger partial charge in [-0.15, -0.1) is 0 Å². The van der Waals surface area contributed by atoms with Crippen molar-refractivity contribution in [2.75, 3.05) is 6.61 Å². The highest BCUT2D eigenvalue weighted by molar-refractivity contribution is 7.16. The molecule has 0 unspecified atom stereocenters. The lowest BCUT2D eigenvalue weighted by Crippen LogP contribution is -2.23. The van der Waals surface area contributed by atoms with E-state index in [1.807, 2.05) is 25.1 Å². The van der Waals surface area contributed by atoms with Crippen LogP contribution in [0.3, 0.4) is 0 Å². The topological polar surface area (TPSA) is 86.4 Å². The van der Waals surface area contributed by atoms with Crippen LogP contribution >= 0.6 is 11.3 Å². The van der Waals surface area contributed by atoms with Crippen molar-refractivity contribution < 1.29 is 14.3 Å². The number of hydrogen-bond acceptors (Lipinski definition) is 6. The minimum absolute atomic E-state index is 0.0104. The molecular weight excluding hydrogens is 340 g/mol. The summed E-state index contributed by atoms with van der Waals surface area (Å²) in [5, 5.41) is 0. The maximum Gasteiger partial charge on any atom is 0.326 e. The molecule has 1 amide bonds. The van der Waals surface area contributed by atoms with E-state index in [-0.39, 0.29) is 18.2 Å². The Morgan fingerprint density at radius 2 is 2.16 bits per heavy atom. The molecule has 0 N–H and O–H groups in total. The molecular formula is C17H16N4O3S. The molecule has 0 aliphatic carbocycles. The molecule has 7 nitrogen and oxygen atoms in total. The summed E-state index contributed by atoms with van der Waals surface area (Å²) in [6.07, 6.45) is 4.28. The molecule has 0 spiro atoms. The van der Waals surface area contributed by atoms with Crippen molar-refractivity contribution >= 4 is 33.4 Å². The number of rotatable bonds is 4. The Hall–Kier alpha value is -2.87. The summed E-state index contributed by atoms with van der Waals surface area (Å²) >= 11 is 1.34. The number of aromatic nitrogens is 3. The molecule has 25 heavy (non-hydrogen) atoms. The SMILES string of the molecule is CCOC(=O)Cn1c(=NC(=O)c2cnccn2)sc2cc(C)ccc21. The average Bonchev–Trinajstić information content (AvgIpc) is 2.92. The molecule has 0 aliphatic rings. The molecule has 0 saturated carbocycles. The molecule has 0 aliphatic heterocycles. The first-order chi connectivity index (χ1) is 12.1. The fourth-order valence-electron chi connectivity index (χ4n) is 2.31. The third-order valence-electron chi connectivity index (χ3n) is 3.41. The van der Waals surface area contributed by atoms with E-state index in [1.165, 1.54) is 29.9 Å². The fourth-order valence-corrected chi connectivity index (χ4v) is 3.43. The number of hydrogen-bond donors (Lipinski definition) is 0. The number of carbonyl (C=O) groups is 2. The number of benzene rings is 1. The highest BCUT2D eigenvalue weighted by Gasteiger charge is 2.13. The van der Waals surface area contributed by atoms with Crippen molar-refractivity contribution in [1.82, 2.24) is 14.5 Å². The van der Waals surface area contributed by atoms with Gasteiger partial charge in [0.15, 0.2) is 4.80 Å². The first kappa shape index (κ1) is 17.0. The molecule has 1 aromatic carbocycles. The van der Waals surface area contributed by atoms with E-state index >= 15 is 0 Å². The smallest absolute Gasteiger partial charge is 0.326 e. The maximum atomic E-state index is 12.3. The van der Waals surface area contributed by atoms with Crippen molar-refractivity contribution in [3.63, 3.8) is 0 Å². The summed E-state index contributed by atoms with van der Waals surface area (Å²) in [6.45, 7) is 4.02. The number of esters is 1. The van der Waals surface area contributed by atoms with Crippen LogP contribution in [0.25, 0.3) is 10.2 Å². The van der Waals surface area contributed by atoms with Crippen molar-refractivity contribution in [2.45, 2.75) is 20.4 Å². The fraction of sp³-hybridized carbons (Fsp3) is 0.235. The molecule has 128 valence electrons. The number of aryl methyl sites for hydroxylation is 1. The summed E-state index contributed by atoms with van der Waals surface area (Å²) in [5.74, 6) is -0.884. The van der Waals surface area contributed by atoms with Gasteiger partial charge in [0.25, 0.3) is 5.91 Å². The Balaban J connectivity index is 2.11. The molecule has 0 atom stereocenters. The average molecular weight is 356 g/mol. The van der Waals surface area contributed by atoms with E-state index in [0.717, 1.165) is 15.8 Å². The summed E-state index contributed by atoms with van der Waals surface area (Å²) in [5.41, 5.74) is 2.07. The molecule has 3 aromatic rings. The van der Waals surface area contributed by atoms with Gasteiger partial charge in [0.1, 0.15) is 12.2 Å². The second-order valence-electron chi connectivity index (χ2n) is 5.25. The predicted molar refractivity (Wildman–Crippen MR) is 93.1 cm³/mol. The highest BCUT2D eigenvalue weighted by Crippen LogP contribution is 2.19. The quantitative estimate of drug-likeness (QED) is 0.668. The predicted octanol–water partition coefficient (Wildman–Crippen LogP) is 2.11. The van der Waals surface area contributed by atoms with E-state index in [2.05, 4.69) is 15.0 Å². The molecule has 2 aromatic heterocycles. The molecule has 8 heteroatoms. The number of thiazole rings is 1. The van der Waals surface area contributed by atoms with Gasteiger partial charge in [0, 0.05) is 12.4 Å². The molecule has 0 bridgehead atoms. The van der Waals surface area contributed by atoms with E-state index in [0.29, 0.717) is 11.4 Å². The van der Waals surface area contributed by atoms with Gasteiger partial charge in [-0.05, 0) is 31.5 Å². The zero-order valence-electron chi connectivity index (χ0n) is 13.8. The number of fused-ring (bicyclic) bond motifs is 1. The van der Waals surface area contributed by atoms with Gasteiger partial charge >= 0.3 is 5.97 Å². The molecule has 0 fully saturated rings. The van der Waals surface area contributed by atoms with Crippen LogP contribution in [0.2, 0.25) is 0 Å². The first-order valence-electron chi connectivity index (χ1n) is 7.69. The molecule has 3 rings (SSSR count). The van der Waals surface area contributed by atoms with Crippen LogP contribution in [0.15, 0.2) is 41.8 Å². The summed E-state index contributed by atoms with van der Waals surface area (Å²) in [7, 11) is 0. The van der Waals surface area contributed by atoms with Crippen LogP contribution in [0, 0.1) is 6.92 Å². The van der Waals surface area contributed by atoms with Gasteiger partial charge in [0.05, 0.1) is 23.0 Å². The second kappa shape index (κ2) is 7.35. The van der Waals surface area contributed by atoms with E-state index in [4.69, 9.17) is 4.74 Å². The van der Waals surface area contributed by atoms with E-state index in [1.54, 1.807) is 11.5 Å². The number of carbonyl (C=O) groups excluding carboxylic acids is 2. The Labute approximate surface area is 147 Å². The first-order valence-corrected chi connectivity index (χ1v) is 8.51. The third kappa shape index (κ3) is 3.80. The van der Waals surface area contributed by atoms with Gasteiger partial charge < -0.3 is 9.30 Å². The second-order valence-corrected chi connectivity index (χ2v) is 6.26. The van der Waals surface area contributed by atoms with Crippen LogP contribution in [-0.4, -0.2) is 33.0 Å². The van der Waals surface area contributed by atoms with Crippen LogP contribution in [0.4, 0.5) is 0 Å². The number of nitrogens with zero attached hydrogens (tertiary/aromatic N) is 4. The third-order valence-corrected chi connectivity index (χ3v) is 4.45. The zero-order valence-corrected chi connectivity index (χ0v) is 14.6. The highest BCUT2D eigenvalue weighted by atomic mass is 32.1. The zero-order chi connectivity index (χ0) is 17.8.